The maximum absolute atomic E-state index is 12.8. The molecule has 0 aromatic heterocycles. The zero-order valence-electron chi connectivity index (χ0n) is 18.1. The Kier molecular flexibility index (Phi) is 6.29. The number of carbonyl (C=O) groups is 1. The lowest BCUT2D eigenvalue weighted by Crippen LogP contribution is -2.37. The molecule has 1 N–H and O–H groups in total. The molecule has 2 unspecified atom stereocenters. The molecule has 2 heterocycles. The van der Waals surface area contributed by atoms with E-state index in [0.29, 0.717) is 5.92 Å². The number of allylic oxidation sites excluding steroid dienone is 2. The Hall–Kier alpha value is -1.81. The number of aryl methyl sites for hydroxylation is 1. The van der Waals surface area contributed by atoms with Crippen LogP contribution in [0.3, 0.4) is 0 Å². The Balaban J connectivity index is 1.70. The van der Waals surface area contributed by atoms with Crippen LogP contribution in [0.4, 0.5) is 0 Å². The van der Waals surface area contributed by atoms with Crippen molar-refractivity contribution in [3.63, 3.8) is 0 Å². The molecule has 1 aromatic carbocycles. The summed E-state index contributed by atoms with van der Waals surface area (Å²) in [5.74, 6) is 2.20. The molecule has 1 aliphatic carbocycles. The van der Waals surface area contributed by atoms with Crippen molar-refractivity contribution in [1.29, 1.82) is 0 Å². The maximum atomic E-state index is 12.8. The zero-order valence-corrected chi connectivity index (χ0v) is 18.1. The molecule has 4 atom stereocenters. The van der Waals surface area contributed by atoms with Crippen LogP contribution in [0.1, 0.15) is 82.8 Å². The first-order chi connectivity index (χ1) is 14.1. The van der Waals surface area contributed by atoms with Crippen molar-refractivity contribution in [1.82, 2.24) is 5.32 Å². The van der Waals surface area contributed by atoms with Crippen molar-refractivity contribution >= 4 is 5.97 Å². The monoisotopic (exact) mass is 397 g/mol. The number of nitrogens with one attached hydrogen (secondary N) is 1. The van der Waals surface area contributed by atoms with Crippen LogP contribution in [0.15, 0.2) is 23.8 Å². The van der Waals surface area contributed by atoms with Gasteiger partial charge in [0.1, 0.15) is 17.5 Å². The van der Waals surface area contributed by atoms with E-state index in [4.69, 9.17) is 9.47 Å². The van der Waals surface area contributed by atoms with Gasteiger partial charge in [0.2, 0.25) is 0 Å². The van der Waals surface area contributed by atoms with Crippen molar-refractivity contribution in [2.24, 2.45) is 5.92 Å². The highest BCUT2D eigenvalue weighted by atomic mass is 16.5. The molecule has 0 radical (unpaired) electrons. The molecule has 0 amide bonds. The van der Waals surface area contributed by atoms with E-state index in [1.165, 1.54) is 24.0 Å². The highest BCUT2D eigenvalue weighted by Crippen LogP contribution is 2.50. The Bertz CT molecular complexity index is 779. The molecule has 4 heteroatoms. The fourth-order valence-electron chi connectivity index (χ4n) is 5.15. The summed E-state index contributed by atoms with van der Waals surface area (Å²) in [6, 6.07) is 4.12. The normalized spacial score (nSPS) is 28.2. The molecule has 4 rings (SSSR count). The SMILES string of the molecule is CCCCCc1cc(OC(=O)C2CCCN2)c2c(c1)OC(C)[C@@H]1CCC(C)=C[C@@H]21. The van der Waals surface area contributed by atoms with Crippen molar-refractivity contribution in [2.75, 3.05) is 6.54 Å². The summed E-state index contributed by atoms with van der Waals surface area (Å²) in [5, 5.41) is 3.27. The Morgan fingerprint density at radius 2 is 2.14 bits per heavy atom. The summed E-state index contributed by atoms with van der Waals surface area (Å²) in [5.41, 5.74) is 3.72. The second kappa shape index (κ2) is 8.91. The van der Waals surface area contributed by atoms with E-state index < -0.39 is 0 Å². The number of fused-ring (bicyclic) bond motifs is 3. The number of unbranched alkanes of at least 4 members (excludes halogenated alkanes) is 2. The molecule has 2 aliphatic heterocycles. The average molecular weight is 398 g/mol. The molecule has 158 valence electrons. The fraction of sp³-hybridized carbons (Fsp3) is 0.640. The molecule has 1 aromatic rings. The third-order valence-corrected chi connectivity index (χ3v) is 6.83. The van der Waals surface area contributed by atoms with E-state index in [1.807, 2.05) is 0 Å². The van der Waals surface area contributed by atoms with Gasteiger partial charge in [-0.1, -0.05) is 31.4 Å². The smallest absolute Gasteiger partial charge is 0.328 e. The summed E-state index contributed by atoms with van der Waals surface area (Å²) >= 11 is 0. The van der Waals surface area contributed by atoms with E-state index >= 15 is 0 Å². The summed E-state index contributed by atoms with van der Waals surface area (Å²) in [7, 11) is 0. The molecule has 1 saturated heterocycles. The third kappa shape index (κ3) is 4.37. The average Bonchev–Trinajstić information content (AvgIpc) is 3.23. The van der Waals surface area contributed by atoms with E-state index in [2.05, 4.69) is 44.3 Å². The first kappa shape index (κ1) is 20.5. The van der Waals surface area contributed by atoms with Gasteiger partial charge >= 0.3 is 5.97 Å². The molecular weight excluding hydrogens is 362 g/mol. The predicted molar refractivity (Wildman–Crippen MR) is 116 cm³/mol. The van der Waals surface area contributed by atoms with E-state index in [9.17, 15) is 4.79 Å². The van der Waals surface area contributed by atoms with Crippen LogP contribution >= 0.6 is 0 Å². The largest absolute Gasteiger partial charge is 0.490 e. The maximum Gasteiger partial charge on any atom is 0.328 e. The minimum absolute atomic E-state index is 0.151. The molecule has 4 nitrogen and oxygen atoms in total. The number of esters is 1. The summed E-state index contributed by atoms with van der Waals surface area (Å²) in [6.45, 7) is 7.51. The Labute approximate surface area is 175 Å². The van der Waals surface area contributed by atoms with Crippen LogP contribution in [0.25, 0.3) is 0 Å². The van der Waals surface area contributed by atoms with Gasteiger partial charge in [0.15, 0.2) is 0 Å². The standard InChI is InChI=1S/C25H35NO3/c1-4-5-6-8-18-14-22-24(20-13-16(2)10-11-19(20)17(3)28-22)23(15-18)29-25(27)21-9-7-12-26-21/h13-15,17,19-21,26H,4-12H2,1-3H3/t17?,19-,20+,21?/m0/s1. The molecular formula is C25H35NO3. The van der Waals surface area contributed by atoms with Crippen LogP contribution in [0.2, 0.25) is 0 Å². The number of hydrogen-bond donors (Lipinski definition) is 1. The van der Waals surface area contributed by atoms with Crippen LogP contribution in [-0.2, 0) is 11.2 Å². The van der Waals surface area contributed by atoms with Gasteiger partial charge in [-0.3, -0.25) is 0 Å². The lowest BCUT2D eigenvalue weighted by molar-refractivity contribution is -0.136. The van der Waals surface area contributed by atoms with Gasteiger partial charge in [0, 0.05) is 17.4 Å². The van der Waals surface area contributed by atoms with Crippen LogP contribution in [0.5, 0.6) is 11.5 Å². The number of benzene rings is 1. The van der Waals surface area contributed by atoms with Crippen molar-refractivity contribution in [2.45, 2.75) is 90.2 Å². The fourth-order valence-corrected chi connectivity index (χ4v) is 5.15. The Morgan fingerprint density at radius 3 is 2.90 bits per heavy atom. The number of hydrogen-bond acceptors (Lipinski definition) is 4. The van der Waals surface area contributed by atoms with E-state index in [0.717, 1.165) is 62.1 Å². The van der Waals surface area contributed by atoms with Gasteiger partial charge in [-0.15, -0.1) is 0 Å². The minimum Gasteiger partial charge on any atom is -0.490 e. The first-order valence-electron chi connectivity index (χ1n) is 11.5. The second-order valence-corrected chi connectivity index (χ2v) is 9.10. The van der Waals surface area contributed by atoms with Gasteiger partial charge in [0.25, 0.3) is 0 Å². The van der Waals surface area contributed by atoms with Crippen LogP contribution < -0.4 is 14.8 Å². The van der Waals surface area contributed by atoms with Crippen LogP contribution in [-0.4, -0.2) is 24.7 Å². The van der Waals surface area contributed by atoms with Gasteiger partial charge in [-0.05, 0) is 76.6 Å². The van der Waals surface area contributed by atoms with Gasteiger partial charge in [-0.2, -0.15) is 0 Å². The molecule has 0 spiro atoms. The third-order valence-electron chi connectivity index (χ3n) is 6.83. The van der Waals surface area contributed by atoms with Crippen molar-refractivity contribution in [3.05, 3.63) is 34.9 Å². The van der Waals surface area contributed by atoms with E-state index in [1.54, 1.807) is 0 Å². The minimum atomic E-state index is -0.183. The van der Waals surface area contributed by atoms with Crippen molar-refractivity contribution in [3.8, 4) is 11.5 Å². The van der Waals surface area contributed by atoms with Gasteiger partial charge in [0.05, 0.1) is 6.10 Å². The summed E-state index contributed by atoms with van der Waals surface area (Å²) in [6.07, 6.45) is 11.3. The summed E-state index contributed by atoms with van der Waals surface area (Å²) < 4.78 is 12.4. The lowest BCUT2D eigenvalue weighted by atomic mass is 9.72. The van der Waals surface area contributed by atoms with Crippen molar-refractivity contribution < 1.29 is 14.3 Å². The number of carbonyl (C=O) groups excluding carboxylic acids is 1. The second-order valence-electron chi connectivity index (χ2n) is 9.10. The number of rotatable bonds is 6. The molecule has 0 saturated carbocycles. The predicted octanol–water partition coefficient (Wildman–Crippen LogP) is 5.30. The zero-order chi connectivity index (χ0) is 20.4. The topological polar surface area (TPSA) is 47.6 Å². The van der Waals surface area contributed by atoms with Crippen LogP contribution in [0, 0.1) is 5.92 Å². The molecule has 0 bridgehead atoms. The molecule has 3 aliphatic rings. The number of ether oxygens (including phenoxy) is 2. The Morgan fingerprint density at radius 1 is 1.28 bits per heavy atom. The highest BCUT2D eigenvalue weighted by Gasteiger charge is 2.39. The first-order valence-corrected chi connectivity index (χ1v) is 11.5. The summed E-state index contributed by atoms with van der Waals surface area (Å²) in [4.78, 5) is 12.8. The van der Waals surface area contributed by atoms with Gasteiger partial charge in [-0.25, -0.2) is 4.79 Å². The lowest BCUT2D eigenvalue weighted by Gasteiger charge is -2.40. The van der Waals surface area contributed by atoms with Gasteiger partial charge < -0.3 is 14.8 Å². The molecule has 29 heavy (non-hydrogen) atoms. The quantitative estimate of drug-likeness (QED) is 0.306. The highest BCUT2D eigenvalue weighted by molar-refractivity contribution is 5.79. The van der Waals surface area contributed by atoms with E-state index in [-0.39, 0.29) is 24.0 Å². The molecule has 1 fully saturated rings.